The van der Waals surface area contributed by atoms with E-state index in [0.29, 0.717) is 36.2 Å². The highest BCUT2D eigenvalue weighted by atomic mass is 35.5. The number of nitrogens with one attached hydrogen (secondary N) is 1. The van der Waals surface area contributed by atoms with Gasteiger partial charge in [-0.2, -0.15) is 0 Å². The number of amides is 1. The maximum absolute atomic E-state index is 13.8. The van der Waals surface area contributed by atoms with Gasteiger partial charge in [-0.25, -0.2) is 4.39 Å². The lowest BCUT2D eigenvalue weighted by atomic mass is 10.1. The number of hydrogen-bond donors (Lipinski definition) is 1. The predicted octanol–water partition coefficient (Wildman–Crippen LogP) is 3.84. The van der Waals surface area contributed by atoms with Crippen molar-refractivity contribution in [3.8, 4) is 22.8 Å². The van der Waals surface area contributed by atoms with E-state index in [9.17, 15) is 9.18 Å². The van der Waals surface area contributed by atoms with Gasteiger partial charge in [0.05, 0.1) is 17.1 Å². The minimum absolute atomic E-state index is 0.0459. The number of halogens is 2. The molecule has 2 heterocycles. The Morgan fingerprint density at radius 2 is 1.96 bits per heavy atom. The molecule has 27 heavy (non-hydrogen) atoms. The highest BCUT2D eigenvalue weighted by Gasteiger charge is 2.17. The first-order chi connectivity index (χ1) is 13.1. The number of nitrogens with zero attached hydrogens (tertiary/aromatic N) is 1. The lowest BCUT2D eigenvalue weighted by molar-refractivity contribution is 0.0946. The van der Waals surface area contributed by atoms with Crippen LogP contribution in [0.4, 0.5) is 4.39 Å². The number of fused-ring (bicyclic) bond motifs is 1. The lowest BCUT2D eigenvalue weighted by Gasteiger charge is -2.18. The maximum Gasteiger partial charge on any atom is 0.256 e. The highest BCUT2D eigenvalue weighted by molar-refractivity contribution is 6.33. The minimum Gasteiger partial charge on any atom is -0.486 e. The summed E-state index contributed by atoms with van der Waals surface area (Å²) in [5, 5.41) is 6.55. The molecule has 0 fully saturated rings. The van der Waals surface area contributed by atoms with Crippen molar-refractivity contribution in [1.29, 1.82) is 0 Å². The molecular formula is C19H14ClFN2O4. The van der Waals surface area contributed by atoms with Gasteiger partial charge in [0.1, 0.15) is 24.7 Å². The molecule has 0 saturated heterocycles. The fraction of sp³-hybridized carbons (Fsp3) is 0.158. The van der Waals surface area contributed by atoms with E-state index in [4.69, 9.17) is 25.6 Å². The van der Waals surface area contributed by atoms with Gasteiger partial charge in [-0.1, -0.05) is 22.8 Å². The lowest BCUT2D eigenvalue weighted by Crippen LogP contribution is -2.24. The van der Waals surface area contributed by atoms with Crippen LogP contribution in [0.15, 0.2) is 47.0 Å². The highest BCUT2D eigenvalue weighted by Crippen LogP contribution is 2.34. The van der Waals surface area contributed by atoms with E-state index in [0.717, 1.165) is 5.56 Å². The monoisotopic (exact) mass is 388 g/mol. The van der Waals surface area contributed by atoms with Crippen molar-refractivity contribution in [3.63, 3.8) is 0 Å². The second-order valence-corrected chi connectivity index (χ2v) is 6.23. The van der Waals surface area contributed by atoms with Crippen LogP contribution >= 0.6 is 11.6 Å². The summed E-state index contributed by atoms with van der Waals surface area (Å²) in [7, 11) is 0. The van der Waals surface area contributed by atoms with Gasteiger partial charge in [0.2, 0.25) is 0 Å². The van der Waals surface area contributed by atoms with Crippen LogP contribution in [0.5, 0.6) is 11.5 Å². The molecule has 0 aliphatic carbocycles. The molecule has 1 N–H and O–H groups in total. The van der Waals surface area contributed by atoms with E-state index in [1.54, 1.807) is 18.2 Å². The molecule has 4 rings (SSSR count). The standard InChI is InChI=1S/C19H14ClFN2O4/c20-13-2-1-3-14(21)18(13)19(24)22-10-12-9-16(27-23-12)11-4-5-15-17(8-11)26-7-6-25-15/h1-5,8-9H,6-7,10H2,(H,22,24). The second kappa shape index (κ2) is 7.28. The summed E-state index contributed by atoms with van der Waals surface area (Å²) in [6, 6.07) is 11.2. The molecule has 0 bridgehead atoms. The Morgan fingerprint density at radius 3 is 2.78 bits per heavy atom. The summed E-state index contributed by atoms with van der Waals surface area (Å²) < 4.78 is 30.2. The van der Waals surface area contributed by atoms with Gasteiger partial charge in [0.15, 0.2) is 17.3 Å². The number of carbonyl (C=O) groups is 1. The van der Waals surface area contributed by atoms with Gasteiger partial charge in [0.25, 0.3) is 5.91 Å². The molecule has 0 saturated carbocycles. The zero-order chi connectivity index (χ0) is 18.8. The summed E-state index contributed by atoms with van der Waals surface area (Å²) >= 11 is 5.89. The van der Waals surface area contributed by atoms with Gasteiger partial charge >= 0.3 is 0 Å². The Labute approximate surface area is 158 Å². The Hall–Kier alpha value is -3.06. The van der Waals surface area contributed by atoms with Crippen LogP contribution in [0, 0.1) is 5.82 Å². The average Bonchev–Trinajstić information content (AvgIpc) is 3.15. The van der Waals surface area contributed by atoms with Gasteiger partial charge in [-0.05, 0) is 30.3 Å². The predicted molar refractivity (Wildman–Crippen MR) is 95.5 cm³/mol. The summed E-state index contributed by atoms with van der Waals surface area (Å²) in [5.41, 5.74) is 1.05. The normalized spacial score (nSPS) is 12.7. The molecule has 2 aromatic carbocycles. The molecule has 0 spiro atoms. The van der Waals surface area contributed by atoms with Crippen LogP contribution in [0.25, 0.3) is 11.3 Å². The molecule has 1 aliphatic heterocycles. The van der Waals surface area contributed by atoms with Crippen LogP contribution in [0.2, 0.25) is 5.02 Å². The smallest absolute Gasteiger partial charge is 0.256 e. The first-order valence-corrected chi connectivity index (χ1v) is 8.57. The number of aromatic nitrogens is 1. The summed E-state index contributed by atoms with van der Waals surface area (Å²) in [6.07, 6.45) is 0. The van der Waals surface area contributed by atoms with Crippen molar-refractivity contribution < 1.29 is 23.2 Å². The van der Waals surface area contributed by atoms with Crippen molar-refractivity contribution in [3.05, 3.63) is 64.6 Å². The van der Waals surface area contributed by atoms with E-state index >= 15 is 0 Å². The van der Waals surface area contributed by atoms with Gasteiger partial charge in [-0.3, -0.25) is 4.79 Å². The van der Waals surface area contributed by atoms with Crippen molar-refractivity contribution in [1.82, 2.24) is 10.5 Å². The Kier molecular flexibility index (Phi) is 4.68. The molecule has 1 aromatic heterocycles. The van der Waals surface area contributed by atoms with Crippen molar-refractivity contribution in [2.45, 2.75) is 6.54 Å². The molecule has 0 radical (unpaired) electrons. The van der Waals surface area contributed by atoms with E-state index in [-0.39, 0.29) is 17.1 Å². The number of rotatable bonds is 4. The molecule has 1 aliphatic rings. The summed E-state index contributed by atoms with van der Waals surface area (Å²) in [6.45, 7) is 1.07. The van der Waals surface area contributed by atoms with E-state index in [2.05, 4.69) is 10.5 Å². The van der Waals surface area contributed by atoms with Crippen LogP contribution in [-0.2, 0) is 6.54 Å². The largest absolute Gasteiger partial charge is 0.486 e. The van der Waals surface area contributed by atoms with Crippen molar-refractivity contribution in [2.24, 2.45) is 0 Å². The van der Waals surface area contributed by atoms with Gasteiger partial charge in [0, 0.05) is 11.6 Å². The number of carbonyl (C=O) groups excluding carboxylic acids is 1. The Bertz CT molecular complexity index is 985. The van der Waals surface area contributed by atoms with Crippen molar-refractivity contribution in [2.75, 3.05) is 13.2 Å². The first kappa shape index (κ1) is 17.4. The SMILES string of the molecule is O=C(NCc1cc(-c2ccc3c(c2)OCCO3)on1)c1c(F)cccc1Cl. The molecular weight excluding hydrogens is 375 g/mol. The van der Waals surface area contributed by atoms with E-state index < -0.39 is 11.7 Å². The number of hydrogen-bond acceptors (Lipinski definition) is 5. The van der Waals surface area contributed by atoms with Gasteiger partial charge < -0.3 is 19.3 Å². The number of ether oxygens (including phenoxy) is 2. The maximum atomic E-state index is 13.8. The fourth-order valence-electron chi connectivity index (χ4n) is 2.70. The third kappa shape index (κ3) is 3.59. The minimum atomic E-state index is -0.683. The molecule has 3 aromatic rings. The summed E-state index contributed by atoms with van der Waals surface area (Å²) in [5.74, 6) is 0.525. The molecule has 8 heteroatoms. The van der Waals surface area contributed by atoms with Crippen molar-refractivity contribution >= 4 is 17.5 Å². The van der Waals surface area contributed by atoms with Gasteiger partial charge in [-0.15, -0.1) is 0 Å². The Morgan fingerprint density at radius 1 is 1.15 bits per heavy atom. The number of benzene rings is 2. The average molecular weight is 389 g/mol. The zero-order valence-corrected chi connectivity index (χ0v) is 14.8. The van der Waals surface area contributed by atoms with Crippen LogP contribution in [0.1, 0.15) is 16.1 Å². The second-order valence-electron chi connectivity index (χ2n) is 5.82. The topological polar surface area (TPSA) is 73.6 Å². The van der Waals surface area contributed by atoms with Crippen LogP contribution in [-0.4, -0.2) is 24.3 Å². The third-order valence-corrected chi connectivity index (χ3v) is 4.32. The van der Waals surface area contributed by atoms with Crippen LogP contribution in [0.3, 0.4) is 0 Å². The summed E-state index contributed by atoms with van der Waals surface area (Å²) in [4.78, 5) is 12.2. The zero-order valence-electron chi connectivity index (χ0n) is 14.0. The third-order valence-electron chi connectivity index (χ3n) is 4.01. The van der Waals surface area contributed by atoms with E-state index in [1.165, 1.54) is 18.2 Å². The van der Waals surface area contributed by atoms with E-state index in [1.807, 2.05) is 6.07 Å². The molecule has 0 unspecified atom stereocenters. The Balaban J connectivity index is 1.46. The fourth-order valence-corrected chi connectivity index (χ4v) is 2.95. The molecule has 6 nitrogen and oxygen atoms in total. The van der Waals surface area contributed by atoms with Crippen LogP contribution < -0.4 is 14.8 Å². The molecule has 0 atom stereocenters. The quantitative estimate of drug-likeness (QED) is 0.735. The molecule has 1 amide bonds. The first-order valence-electron chi connectivity index (χ1n) is 8.19. The molecule has 138 valence electrons.